The molecular formula is C14H21N3O4S. The maximum atomic E-state index is 11.8. The summed E-state index contributed by atoms with van der Waals surface area (Å²) in [5.74, 6) is -1.35. The summed E-state index contributed by atoms with van der Waals surface area (Å²) in [5.41, 5.74) is 0.576. The van der Waals surface area contributed by atoms with E-state index >= 15 is 0 Å². The zero-order valence-corrected chi connectivity index (χ0v) is 13.7. The summed E-state index contributed by atoms with van der Waals surface area (Å²) < 4.78 is 0. The van der Waals surface area contributed by atoms with Crippen molar-refractivity contribution in [1.29, 1.82) is 0 Å². The van der Waals surface area contributed by atoms with Gasteiger partial charge in [0.2, 0.25) is 11.8 Å². The lowest BCUT2D eigenvalue weighted by atomic mass is 10.2. The average Bonchev–Trinajstić information content (AvgIpc) is 2.83. The summed E-state index contributed by atoms with van der Waals surface area (Å²) in [6.07, 6.45) is 0.503. The highest BCUT2D eigenvalue weighted by Crippen LogP contribution is 2.16. The quantitative estimate of drug-likeness (QED) is 0.673. The molecule has 1 aromatic rings. The molecule has 7 nitrogen and oxygen atoms in total. The van der Waals surface area contributed by atoms with Crippen LogP contribution in [0.15, 0.2) is 5.38 Å². The van der Waals surface area contributed by atoms with Gasteiger partial charge in [0.25, 0.3) is 0 Å². The van der Waals surface area contributed by atoms with E-state index in [1.54, 1.807) is 26.2 Å². The number of hydrogen-bond donors (Lipinski definition) is 3. The van der Waals surface area contributed by atoms with Gasteiger partial charge in [-0.3, -0.25) is 14.4 Å². The fourth-order valence-corrected chi connectivity index (χ4v) is 2.31. The first-order valence-corrected chi connectivity index (χ1v) is 7.92. The molecule has 3 N–H and O–H groups in total. The Labute approximate surface area is 133 Å². The second-order valence-corrected chi connectivity index (χ2v) is 6.22. The number of carboxylic acid groups (broad SMARTS) is 1. The summed E-state index contributed by atoms with van der Waals surface area (Å²) >= 11 is 1.27. The van der Waals surface area contributed by atoms with Crippen LogP contribution in [0.1, 0.15) is 39.3 Å². The van der Waals surface area contributed by atoms with Gasteiger partial charge in [0, 0.05) is 23.8 Å². The Kier molecular flexibility index (Phi) is 6.97. The molecule has 2 amide bonds. The highest BCUT2D eigenvalue weighted by atomic mass is 32.1. The van der Waals surface area contributed by atoms with Gasteiger partial charge in [0.15, 0.2) is 5.13 Å². The third kappa shape index (κ3) is 6.66. The lowest BCUT2D eigenvalue weighted by Crippen LogP contribution is -2.34. The van der Waals surface area contributed by atoms with Gasteiger partial charge in [-0.25, -0.2) is 4.98 Å². The van der Waals surface area contributed by atoms with Gasteiger partial charge in [0.05, 0.1) is 12.1 Å². The maximum absolute atomic E-state index is 11.8. The summed E-state index contributed by atoms with van der Waals surface area (Å²) in [6, 6.07) is -0.206. The Morgan fingerprint density at radius 2 is 2.00 bits per heavy atom. The number of amides is 2. The van der Waals surface area contributed by atoms with Crippen LogP contribution in [0.2, 0.25) is 0 Å². The summed E-state index contributed by atoms with van der Waals surface area (Å²) in [4.78, 5) is 38.0. The van der Waals surface area contributed by atoms with E-state index in [0.717, 1.165) is 0 Å². The first kappa shape index (κ1) is 18.1. The Morgan fingerprint density at radius 3 is 2.59 bits per heavy atom. The van der Waals surface area contributed by atoms with Crippen molar-refractivity contribution in [1.82, 2.24) is 10.3 Å². The monoisotopic (exact) mass is 327 g/mol. The number of rotatable bonds is 8. The van der Waals surface area contributed by atoms with Crippen molar-refractivity contribution in [3.8, 4) is 0 Å². The van der Waals surface area contributed by atoms with E-state index in [9.17, 15) is 14.4 Å². The van der Waals surface area contributed by atoms with Crippen LogP contribution in [0.25, 0.3) is 0 Å². The predicted octanol–water partition coefficient (Wildman–Crippen LogP) is 1.65. The number of nitrogens with one attached hydrogen (secondary N) is 2. The van der Waals surface area contributed by atoms with E-state index in [1.165, 1.54) is 11.3 Å². The van der Waals surface area contributed by atoms with Gasteiger partial charge in [0.1, 0.15) is 0 Å². The van der Waals surface area contributed by atoms with Crippen LogP contribution in [0.4, 0.5) is 5.13 Å². The fourth-order valence-electron chi connectivity index (χ4n) is 1.60. The highest BCUT2D eigenvalue weighted by molar-refractivity contribution is 7.13. The molecule has 0 radical (unpaired) electrons. The Hall–Kier alpha value is -1.96. The lowest BCUT2D eigenvalue weighted by molar-refractivity contribution is -0.137. The van der Waals surface area contributed by atoms with E-state index in [4.69, 9.17) is 5.11 Å². The van der Waals surface area contributed by atoms with E-state index < -0.39 is 5.97 Å². The molecule has 0 fully saturated rings. The number of nitrogens with zero attached hydrogens (tertiary/aromatic N) is 1. The minimum absolute atomic E-state index is 0.0174. The Morgan fingerprint density at radius 1 is 1.32 bits per heavy atom. The molecule has 1 heterocycles. The third-order valence-electron chi connectivity index (χ3n) is 2.85. The van der Waals surface area contributed by atoms with Gasteiger partial charge in [-0.1, -0.05) is 13.8 Å². The lowest BCUT2D eigenvalue weighted by Gasteiger charge is -2.11. The van der Waals surface area contributed by atoms with Crippen molar-refractivity contribution in [2.24, 2.45) is 5.92 Å². The molecule has 0 aliphatic rings. The molecule has 0 saturated carbocycles. The number of hydrogen-bond acceptors (Lipinski definition) is 5. The standard InChI is InChI=1S/C14H21N3O4S/c1-8(2)13(21)17-14-16-10(7-22-14)6-11(18)15-9(3)4-5-12(19)20/h7-9H,4-6H2,1-3H3,(H,15,18)(H,19,20)(H,16,17,21). The zero-order valence-electron chi connectivity index (χ0n) is 12.9. The predicted molar refractivity (Wildman–Crippen MR) is 83.8 cm³/mol. The summed E-state index contributed by atoms with van der Waals surface area (Å²) in [5, 5.41) is 16.2. The molecule has 1 aromatic heterocycles. The molecule has 8 heteroatoms. The van der Waals surface area contributed by atoms with Crippen LogP contribution >= 0.6 is 11.3 Å². The minimum Gasteiger partial charge on any atom is -0.481 e. The molecule has 1 rings (SSSR count). The highest BCUT2D eigenvalue weighted by Gasteiger charge is 2.13. The van der Waals surface area contributed by atoms with E-state index in [2.05, 4.69) is 15.6 Å². The third-order valence-corrected chi connectivity index (χ3v) is 3.65. The first-order valence-electron chi connectivity index (χ1n) is 7.04. The van der Waals surface area contributed by atoms with Crippen LogP contribution in [-0.2, 0) is 20.8 Å². The van der Waals surface area contributed by atoms with E-state index in [1.807, 2.05) is 0 Å². The molecule has 1 atom stereocenters. The fraction of sp³-hybridized carbons (Fsp3) is 0.571. The largest absolute Gasteiger partial charge is 0.481 e. The van der Waals surface area contributed by atoms with E-state index in [0.29, 0.717) is 17.2 Å². The number of thiazole rings is 1. The topological polar surface area (TPSA) is 108 Å². The van der Waals surface area contributed by atoms with Crippen molar-refractivity contribution in [3.63, 3.8) is 0 Å². The van der Waals surface area contributed by atoms with Gasteiger partial charge in [-0.15, -0.1) is 11.3 Å². The average molecular weight is 327 g/mol. The van der Waals surface area contributed by atoms with Crippen LogP contribution in [0, 0.1) is 5.92 Å². The number of carbonyl (C=O) groups is 3. The number of aromatic nitrogens is 1. The molecule has 0 bridgehead atoms. The smallest absolute Gasteiger partial charge is 0.303 e. The number of aliphatic carboxylic acids is 1. The van der Waals surface area contributed by atoms with Crippen molar-refractivity contribution in [2.75, 3.05) is 5.32 Å². The zero-order chi connectivity index (χ0) is 16.7. The number of carbonyl (C=O) groups excluding carboxylic acids is 2. The molecule has 0 aliphatic heterocycles. The molecule has 0 aromatic carbocycles. The molecule has 122 valence electrons. The maximum Gasteiger partial charge on any atom is 0.303 e. The number of carboxylic acids is 1. The van der Waals surface area contributed by atoms with Crippen LogP contribution < -0.4 is 10.6 Å². The molecule has 0 saturated heterocycles. The van der Waals surface area contributed by atoms with Gasteiger partial charge in [-0.2, -0.15) is 0 Å². The Balaban J connectivity index is 2.43. The molecule has 1 unspecified atom stereocenters. The van der Waals surface area contributed by atoms with Gasteiger partial charge >= 0.3 is 5.97 Å². The minimum atomic E-state index is -0.883. The summed E-state index contributed by atoms with van der Waals surface area (Å²) in [7, 11) is 0. The SMILES string of the molecule is CC(CCC(=O)O)NC(=O)Cc1csc(NC(=O)C(C)C)n1. The van der Waals surface area contributed by atoms with E-state index in [-0.39, 0.29) is 36.6 Å². The first-order chi connectivity index (χ1) is 10.3. The summed E-state index contributed by atoms with van der Waals surface area (Å²) in [6.45, 7) is 5.34. The second kappa shape index (κ2) is 8.47. The van der Waals surface area contributed by atoms with Crippen LogP contribution in [0.5, 0.6) is 0 Å². The van der Waals surface area contributed by atoms with Crippen molar-refractivity contribution >= 4 is 34.3 Å². The van der Waals surface area contributed by atoms with Crippen molar-refractivity contribution < 1.29 is 19.5 Å². The normalized spacial score (nSPS) is 12.0. The van der Waals surface area contributed by atoms with Crippen LogP contribution in [-0.4, -0.2) is 33.9 Å². The number of anilines is 1. The van der Waals surface area contributed by atoms with Gasteiger partial charge < -0.3 is 15.7 Å². The molecule has 22 heavy (non-hydrogen) atoms. The molecule has 0 spiro atoms. The molecular weight excluding hydrogens is 306 g/mol. The van der Waals surface area contributed by atoms with Crippen molar-refractivity contribution in [3.05, 3.63) is 11.1 Å². The second-order valence-electron chi connectivity index (χ2n) is 5.37. The van der Waals surface area contributed by atoms with Gasteiger partial charge in [-0.05, 0) is 13.3 Å². The van der Waals surface area contributed by atoms with Crippen LogP contribution in [0.3, 0.4) is 0 Å². The molecule has 0 aliphatic carbocycles. The Bertz CT molecular complexity index is 542. The van der Waals surface area contributed by atoms with Crippen molar-refractivity contribution in [2.45, 2.75) is 46.1 Å².